The van der Waals surface area contributed by atoms with Crippen molar-refractivity contribution in [3.63, 3.8) is 0 Å². The van der Waals surface area contributed by atoms with E-state index in [2.05, 4.69) is 21.3 Å². The molecule has 3 rings (SSSR count). The summed E-state index contributed by atoms with van der Waals surface area (Å²) in [6, 6.07) is 2.07. The van der Waals surface area contributed by atoms with Crippen LogP contribution in [0.15, 0.2) is 6.20 Å². The molecule has 3 N–H and O–H groups in total. The monoisotopic (exact) mass is 368 g/mol. The van der Waals surface area contributed by atoms with Gasteiger partial charge >= 0.3 is 5.97 Å². The third kappa shape index (κ3) is 3.10. The molecule has 0 spiro atoms. The molecule has 140 valence electrons. The number of esters is 1. The molecule has 3 heterocycles. The SMILES string of the molecule is COC(=O)c1[nH]ncc1-c1c(C#N)c(N)nc2c1CN(C(=O)C(C)C)CC2. The summed E-state index contributed by atoms with van der Waals surface area (Å²) in [6.07, 6.45) is 1.97. The fourth-order valence-corrected chi connectivity index (χ4v) is 3.28. The number of nitrogens with zero attached hydrogens (tertiary/aromatic N) is 4. The maximum absolute atomic E-state index is 12.5. The maximum atomic E-state index is 12.5. The number of ether oxygens (including phenoxy) is 1. The number of H-pyrrole nitrogens is 1. The minimum Gasteiger partial charge on any atom is -0.464 e. The minimum atomic E-state index is -0.610. The molecule has 2 aromatic heterocycles. The topological polar surface area (TPSA) is 138 Å². The van der Waals surface area contributed by atoms with Gasteiger partial charge in [0.25, 0.3) is 0 Å². The normalized spacial score (nSPS) is 13.2. The lowest BCUT2D eigenvalue weighted by Gasteiger charge is -2.31. The molecule has 27 heavy (non-hydrogen) atoms. The quantitative estimate of drug-likeness (QED) is 0.778. The van der Waals surface area contributed by atoms with Gasteiger partial charge in [-0.15, -0.1) is 0 Å². The number of hydrogen-bond acceptors (Lipinski definition) is 7. The number of nitriles is 1. The fourth-order valence-electron chi connectivity index (χ4n) is 3.28. The Hall–Kier alpha value is -3.41. The van der Waals surface area contributed by atoms with Crippen molar-refractivity contribution in [1.82, 2.24) is 20.1 Å². The third-order valence-electron chi connectivity index (χ3n) is 4.59. The second-order valence-electron chi connectivity index (χ2n) is 6.60. The minimum absolute atomic E-state index is 0.0160. The van der Waals surface area contributed by atoms with Gasteiger partial charge in [0.15, 0.2) is 5.69 Å². The van der Waals surface area contributed by atoms with Gasteiger partial charge in [-0.3, -0.25) is 9.89 Å². The Balaban J connectivity index is 2.22. The zero-order valence-corrected chi connectivity index (χ0v) is 15.4. The number of aromatic nitrogens is 3. The molecule has 2 aromatic rings. The summed E-state index contributed by atoms with van der Waals surface area (Å²) in [5.74, 6) is -0.651. The highest BCUT2D eigenvalue weighted by Gasteiger charge is 2.30. The van der Waals surface area contributed by atoms with Crippen LogP contribution in [0.1, 0.15) is 41.2 Å². The summed E-state index contributed by atoms with van der Waals surface area (Å²) in [7, 11) is 1.26. The molecule has 0 radical (unpaired) electrons. The van der Waals surface area contributed by atoms with E-state index in [4.69, 9.17) is 10.5 Å². The zero-order valence-electron chi connectivity index (χ0n) is 15.4. The Morgan fingerprint density at radius 1 is 1.44 bits per heavy atom. The smallest absolute Gasteiger partial charge is 0.356 e. The van der Waals surface area contributed by atoms with E-state index in [1.54, 1.807) is 4.90 Å². The molecule has 9 nitrogen and oxygen atoms in total. The van der Waals surface area contributed by atoms with Crippen LogP contribution in [0, 0.1) is 17.2 Å². The number of anilines is 1. The summed E-state index contributed by atoms with van der Waals surface area (Å²) >= 11 is 0. The van der Waals surface area contributed by atoms with E-state index in [9.17, 15) is 14.9 Å². The molecule has 0 saturated carbocycles. The van der Waals surface area contributed by atoms with E-state index in [1.165, 1.54) is 13.3 Å². The molecule has 9 heteroatoms. The predicted molar refractivity (Wildman–Crippen MR) is 96.2 cm³/mol. The molecule has 0 unspecified atom stereocenters. The molecular weight excluding hydrogens is 348 g/mol. The molecule has 0 atom stereocenters. The fraction of sp³-hybridized carbons (Fsp3) is 0.389. The van der Waals surface area contributed by atoms with Crippen molar-refractivity contribution >= 4 is 17.7 Å². The number of fused-ring (bicyclic) bond motifs is 1. The number of hydrogen-bond donors (Lipinski definition) is 2. The van der Waals surface area contributed by atoms with Gasteiger partial charge < -0.3 is 15.4 Å². The van der Waals surface area contributed by atoms with E-state index in [0.29, 0.717) is 35.3 Å². The van der Waals surface area contributed by atoms with E-state index in [0.717, 1.165) is 0 Å². The van der Waals surface area contributed by atoms with Gasteiger partial charge in [0.1, 0.15) is 17.5 Å². The number of nitrogen functional groups attached to an aromatic ring is 1. The number of rotatable bonds is 3. The summed E-state index contributed by atoms with van der Waals surface area (Å²) in [5.41, 5.74) is 8.56. The van der Waals surface area contributed by atoms with E-state index in [-0.39, 0.29) is 35.4 Å². The Morgan fingerprint density at radius 2 is 2.19 bits per heavy atom. The Bertz CT molecular complexity index is 957. The second kappa shape index (κ2) is 7.07. The Labute approximate surface area is 156 Å². The van der Waals surface area contributed by atoms with Crippen LogP contribution in [0.3, 0.4) is 0 Å². The third-order valence-corrected chi connectivity index (χ3v) is 4.59. The number of methoxy groups -OCH3 is 1. The van der Waals surface area contributed by atoms with Crippen LogP contribution in [0.4, 0.5) is 5.82 Å². The van der Waals surface area contributed by atoms with E-state index in [1.807, 2.05) is 13.8 Å². The lowest BCUT2D eigenvalue weighted by atomic mass is 9.91. The number of amides is 1. The summed E-state index contributed by atoms with van der Waals surface area (Å²) in [6.45, 7) is 4.49. The predicted octanol–water partition coefficient (Wildman–Crippen LogP) is 1.25. The maximum Gasteiger partial charge on any atom is 0.356 e. The van der Waals surface area contributed by atoms with Crippen LogP contribution in [0.25, 0.3) is 11.1 Å². The van der Waals surface area contributed by atoms with Crippen molar-refractivity contribution in [3.05, 3.63) is 28.7 Å². The number of carbonyl (C=O) groups is 2. The second-order valence-corrected chi connectivity index (χ2v) is 6.60. The van der Waals surface area contributed by atoms with Gasteiger partial charge in [-0.2, -0.15) is 10.4 Å². The molecule has 0 saturated heterocycles. The van der Waals surface area contributed by atoms with Crippen LogP contribution in [0.2, 0.25) is 0 Å². The Morgan fingerprint density at radius 3 is 2.81 bits per heavy atom. The van der Waals surface area contributed by atoms with Gasteiger partial charge in [0, 0.05) is 42.1 Å². The number of aromatic amines is 1. The van der Waals surface area contributed by atoms with Crippen LogP contribution in [-0.4, -0.2) is 45.6 Å². The molecule has 1 aliphatic rings. The first-order chi connectivity index (χ1) is 12.9. The number of nitrogens with two attached hydrogens (primary N) is 1. The molecule has 0 aromatic carbocycles. The number of nitrogens with one attached hydrogen (secondary N) is 1. The van der Waals surface area contributed by atoms with Crippen molar-refractivity contribution in [1.29, 1.82) is 5.26 Å². The number of carbonyl (C=O) groups excluding carboxylic acids is 2. The van der Waals surface area contributed by atoms with Gasteiger partial charge in [-0.25, -0.2) is 9.78 Å². The molecule has 1 aliphatic heterocycles. The van der Waals surface area contributed by atoms with Crippen LogP contribution >= 0.6 is 0 Å². The standard InChI is InChI=1S/C18H20N6O3/c1-9(2)17(25)24-5-4-13-12(8-24)14(10(6-19)16(20)22-13)11-7-21-23-15(11)18(26)27-3/h7,9H,4-5,8H2,1-3H3,(H2,20,22)(H,21,23). The van der Waals surface area contributed by atoms with Crippen LogP contribution in [-0.2, 0) is 22.5 Å². The molecule has 1 amide bonds. The average molecular weight is 368 g/mol. The van der Waals surface area contributed by atoms with Gasteiger partial charge in [0.05, 0.1) is 19.0 Å². The van der Waals surface area contributed by atoms with Crippen molar-refractivity contribution in [3.8, 4) is 17.2 Å². The molecule has 0 bridgehead atoms. The zero-order chi connectivity index (χ0) is 19.7. The Kier molecular flexibility index (Phi) is 4.81. The van der Waals surface area contributed by atoms with Crippen molar-refractivity contribution in [2.75, 3.05) is 19.4 Å². The first-order valence-corrected chi connectivity index (χ1v) is 8.51. The largest absolute Gasteiger partial charge is 0.464 e. The average Bonchev–Trinajstić information content (AvgIpc) is 3.14. The number of pyridine rings is 1. The molecule has 0 aliphatic carbocycles. The highest BCUT2D eigenvalue weighted by atomic mass is 16.5. The highest BCUT2D eigenvalue weighted by Crippen LogP contribution is 2.36. The van der Waals surface area contributed by atoms with Crippen LogP contribution in [0.5, 0.6) is 0 Å². The first kappa shape index (κ1) is 18.4. The van der Waals surface area contributed by atoms with Gasteiger partial charge in [-0.1, -0.05) is 13.8 Å². The van der Waals surface area contributed by atoms with E-state index >= 15 is 0 Å². The lowest BCUT2D eigenvalue weighted by molar-refractivity contribution is -0.135. The van der Waals surface area contributed by atoms with Gasteiger partial charge in [-0.05, 0) is 0 Å². The van der Waals surface area contributed by atoms with Gasteiger partial charge in [0.2, 0.25) is 5.91 Å². The van der Waals surface area contributed by atoms with Crippen LogP contribution < -0.4 is 5.73 Å². The first-order valence-electron chi connectivity index (χ1n) is 8.51. The summed E-state index contributed by atoms with van der Waals surface area (Å²) in [5, 5.41) is 16.2. The summed E-state index contributed by atoms with van der Waals surface area (Å²) in [4.78, 5) is 30.7. The van der Waals surface area contributed by atoms with Crippen molar-refractivity contribution < 1.29 is 14.3 Å². The highest BCUT2D eigenvalue weighted by molar-refractivity contribution is 5.97. The van der Waals surface area contributed by atoms with E-state index < -0.39 is 5.97 Å². The summed E-state index contributed by atoms with van der Waals surface area (Å²) < 4.78 is 4.79. The van der Waals surface area contributed by atoms with Crippen molar-refractivity contribution in [2.45, 2.75) is 26.8 Å². The molecule has 0 fully saturated rings. The lowest BCUT2D eigenvalue weighted by Crippen LogP contribution is -2.39. The molecular formula is C18H20N6O3. The van der Waals surface area contributed by atoms with Crippen molar-refractivity contribution in [2.24, 2.45) is 5.92 Å².